The maximum absolute atomic E-state index is 12.2. The molecule has 2 aromatic rings. The Labute approximate surface area is 203 Å². The Morgan fingerprint density at radius 1 is 1.29 bits per heavy atom. The summed E-state index contributed by atoms with van der Waals surface area (Å²) < 4.78 is 11.2. The second kappa shape index (κ2) is 12.3. The van der Waals surface area contributed by atoms with Crippen molar-refractivity contribution in [2.45, 2.75) is 25.8 Å². The van der Waals surface area contributed by atoms with E-state index in [0.29, 0.717) is 38.5 Å². The van der Waals surface area contributed by atoms with Crippen molar-refractivity contribution >= 4 is 29.2 Å². The molecule has 1 aromatic heterocycles. The normalized spacial score (nSPS) is 13.3. The van der Waals surface area contributed by atoms with Crippen LogP contribution in [-0.2, 0) is 22.5 Å². The van der Waals surface area contributed by atoms with Gasteiger partial charge >= 0.3 is 6.03 Å². The van der Waals surface area contributed by atoms with Gasteiger partial charge in [0.05, 0.1) is 24.4 Å². The monoisotopic (exact) mass is 488 g/mol. The molecule has 1 fully saturated rings. The van der Waals surface area contributed by atoms with Crippen LogP contribution in [-0.4, -0.2) is 80.2 Å². The van der Waals surface area contributed by atoms with Crippen LogP contribution in [0.3, 0.4) is 0 Å². The van der Waals surface area contributed by atoms with Crippen LogP contribution in [0.15, 0.2) is 23.6 Å². The molecule has 0 aliphatic carbocycles. The van der Waals surface area contributed by atoms with E-state index in [0.717, 1.165) is 34.8 Å². The fourth-order valence-electron chi connectivity index (χ4n) is 3.47. The van der Waals surface area contributed by atoms with E-state index < -0.39 is 0 Å². The van der Waals surface area contributed by atoms with Crippen molar-refractivity contribution in [1.82, 2.24) is 25.4 Å². The van der Waals surface area contributed by atoms with Crippen LogP contribution in [0.5, 0.6) is 5.75 Å². The number of carbonyl (C=O) groups excluding carboxylic acids is 2. The van der Waals surface area contributed by atoms with Crippen LogP contribution in [0.25, 0.3) is 10.6 Å². The van der Waals surface area contributed by atoms with Crippen molar-refractivity contribution in [3.63, 3.8) is 0 Å². The number of carbonyl (C=O) groups is 2. The molecule has 3 amide bonds. The highest BCUT2D eigenvalue weighted by Gasteiger charge is 2.26. The van der Waals surface area contributed by atoms with Crippen molar-refractivity contribution in [3.05, 3.63) is 34.8 Å². The second-order valence-corrected chi connectivity index (χ2v) is 8.83. The van der Waals surface area contributed by atoms with Gasteiger partial charge in [-0.15, -0.1) is 11.3 Å². The molecule has 3 N–H and O–H groups in total. The molecule has 0 atom stereocenters. The van der Waals surface area contributed by atoms with Gasteiger partial charge in [-0.05, 0) is 24.1 Å². The van der Waals surface area contributed by atoms with E-state index in [2.05, 4.69) is 10.6 Å². The first-order chi connectivity index (χ1) is 16.4. The van der Waals surface area contributed by atoms with Gasteiger partial charge in [0.2, 0.25) is 5.91 Å². The molecule has 0 bridgehead atoms. The Bertz CT molecular complexity index is 1010. The van der Waals surface area contributed by atoms with E-state index >= 15 is 0 Å². The highest BCUT2D eigenvalue weighted by atomic mass is 32.1. The molecule has 1 aromatic carbocycles. The lowest BCUT2D eigenvalue weighted by Gasteiger charge is -2.14. The number of urea groups is 1. The summed E-state index contributed by atoms with van der Waals surface area (Å²) in [6.45, 7) is 3.01. The minimum absolute atomic E-state index is 0.0231. The summed E-state index contributed by atoms with van der Waals surface area (Å²) in [6, 6.07) is 5.90. The minimum atomic E-state index is -0.224. The summed E-state index contributed by atoms with van der Waals surface area (Å²) in [7, 11) is 5.04. The molecule has 0 spiro atoms. The van der Waals surface area contributed by atoms with Gasteiger partial charge < -0.3 is 24.6 Å². The molecule has 1 aliphatic rings. The number of aromatic nitrogens is 1. The fourth-order valence-corrected chi connectivity index (χ4v) is 4.32. The zero-order chi connectivity index (χ0) is 24.5. The van der Waals surface area contributed by atoms with Gasteiger partial charge in [0.15, 0.2) is 5.96 Å². The van der Waals surface area contributed by atoms with Gasteiger partial charge in [-0.2, -0.15) is 0 Å². The first kappa shape index (κ1) is 25.4. The van der Waals surface area contributed by atoms with E-state index in [1.54, 1.807) is 31.0 Å². The molecular weight excluding hydrogens is 456 g/mol. The Morgan fingerprint density at radius 2 is 2.12 bits per heavy atom. The Morgan fingerprint density at radius 3 is 2.82 bits per heavy atom. The van der Waals surface area contributed by atoms with Crippen molar-refractivity contribution < 1.29 is 19.1 Å². The number of nitrogens with one attached hydrogen (secondary N) is 3. The number of likely N-dealkylation sites (N-methyl/N-ethyl adjacent to an activating group) is 1. The predicted octanol–water partition coefficient (Wildman–Crippen LogP) is 2.30. The number of guanidine groups is 1. The molecule has 10 nitrogen and oxygen atoms in total. The summed E-state index contributed by atoms with van der Waals surface area (Å²) in [5.74, 6) is 0.455. The average Bonchev–Trinajstić information content (AvgIpc) is 3.42. The van der Waals surface area contributed by atoms with E-state index in [4.69, 9.17) is 19.9 Å². The first-order valence-corrected chi connectivity index (χ1v) is 12.0. The number of rotatable bonds is 11. The molecule has 3 rings (SSSR count). The molecule has 11 heteroatoms. The highest BCUT2D eigenvalue weighted by molar-refractivity contribution is 7.13. The van der Waals surface area contributed by atoms with Crippen molar-refractivity contribution in [2.24, 2.45) is 0 Å². The number of hydrogen-bond acceptors (Lipinski definition) is 7. The van der Waals surface area contributed by atoms with Crippen molar-refractivity contribution in [2.75, 3.05) is 47.5 Å². The lowest BCUT2D eigenvalue weighted by atomic mass is 10.1. The summed E-state index contributed by atoms with van der Waals surface area (Å²) >= 11 is 1.52. The van der Waals surface area contributed by atoms with E-state index in [9.17, 15) is 9.59 Å². The van der Waals surface area contributed by atoms with E-state index in [1.807, 2.05) is 23.6 Å². The predicted molar refractivity (Wildman–Crippen MR) is 131 cm³/mol. The maximum atomic E-state index is 12.2. The van der Waals surface area contributed by atoms with Crippen LogP contribution < -0.4 is 15.4 Å². The molecular formula is C23H32N6O4S. The SMILES string of the molecule is CNC(=N)NC(=O)CCc1ccc(-c2nc(CN3CCN(C)C3=O)cs2)c(OCCCOC)c1. The standard InChI is InChI=1S/C23H32N6O4S/c1-25-22(24)27-20(30)8-6-16-5-7-18(19(13-16)33-12-4-11-32-3)21-26-17(15-34-21)14-29-10-9-28(2)23(29)31/h5,7,13,15H,4,6,8-12,14H2,1-3H3,(H3,24,25,27,30). The van der Waals surface area contributed by atoms with Crippen LogP contribution >= 0.6 is 11.3 Å². The summed E-state index contributed by atoms with van der Waals surface area (Å²) in [5, 5.41) is 15.4. The third kappa shape index (κ3) is 6.91. The average molecular weight is 489 g/mol. The molecule has 0 saturated carbocycles. The molecule has 1 saturated heterocycles. The number of benzene rings is 1. The highest BCUT2D eigenvalue weighted by Crippen LogP contribution is 2.34. The van der Waals surface area contributed by atoms with Gasteiger partial charge in [-0.1, -0.05) is 6.07 Å². The molecule has 34 heavy (non-hydrogen) atoms. The number of amides is 3. The number of thiazole rings is 1. The third-order valence-corrected chi connectivity index (χ3v) is 6.31. The summed E-state index contributed by atoms with van der Waals surface area (Å²) in [5.41, 5.74) is 2.68. The molecule has 2 heterocycles. The minimum Gasteiger partial charge on any atom is -0.493 e. The number of ether oxygens (including phenoxy) is 2. The Hall–Kier alpha value is -3.18. The maximum Gasteiger partial charge on any atom is 0.320 e. The third-order valence-electron chi connectivity index (χ3n) is 5.39. The second-order valence-electron chi connectivity index (χ2n) is 7.97. The number of nitrogens with zero attached hydrogens (tertiary/aromatic N) is 3. The lowest BCUT2D eigenvalue weighted by molar-refractivity contribution is -0.119. The molecule has 1 aliphatic heterocycles. The number of hydrogen-bond donors (Lipinski definition) is 3. The van der Waals surface area contributed by atoms with Gasteiger partial charge in [-0.3, -0.25) is 15.5 Å². The zero-order valence-electron chi connectivity index (χ0n) is 19.8. The van der Waals surface area contributed by atoms with Crippen molar-refractivity contribution in [3.8, 4) is 16.3 Å². The van der Waals surface area contributed by atoms with Crippen LogP contribution in [0.4, 0.5) is 4.79 Å². The van der Waals surface area contributed by atoms with Gasteiger partial charge in [0.1, 0.15) is 10.8 Å². The van der Waals surface area contributed by atoms with Crippen LogP contribution in [0, 0.1) is 5.41 Å². The topological polar surface area (TPSA) is 120 Å². The van der Waals surface area contributed by atoms with E-state index in [1.165, 1.54) is 11.3 Å². The van der Waals surface area contributed by atoms with Gasteiger partial charge in [0, 0.05) is 59.1 Å². The Balaban J connectivity index is 1.72. The summed E-state index contributed by atoms with van der Waals surface area (Å²) in [4.78, 5) is 32.5. The summed E-state index contributed by atoms with van der Waals surface area (Å²) in [6.07, 6.45) is 1.53. The quantitative estimate of drug-likeness (QED) is 0.254. The molecule has 0 unspecified atom stereocenters. The molecule has 184 valence electrons. The van der Waals surface area contributed by atoms with Gasteiger partial charge in [-0.25, -0.2) is 9.78 Å². The number of aryl methyl sites for hydroxylation is 1. The fraction of sp³-hybridized carbons (Fsp3) is 0.478. The first-order valence-electron chi connectivity index (χ1n) is 11.2. The lowest BCUT2D eigenvalue weighted by Crippen LogP contribution is -2.38. The Kier molecular flexibility index (Phi) is 9.23. The van der Waals surface area contributed by atoms with Crippen LogP contribution in [0.2, 0.25) is 0 Å². The van der Waals surface area contributed by atoms with E-state index in [-0.39, 0.29) is 24.3 Å². The molecule has 0 radical (unpaired) electrons. The van der Waals surface area contributed by atoms with Crippen molar-refractivity contribution in [1.29, 1.82) is 5.41 Å². The van der Waals surface area contributed by atoms with Crippen LogP contribution in [0.1, 0.15) is 24.1 Å². The smallest absolute Gasteiger partial charge is 0.320 e. The van der Waals surface area contributed by atoms with Gasteiger partial charge in [0.25, 0.3) is 0 Å². The largest absolute Gasteiger partial charge is 0.493 e. The number of methoxy groups -OCH3 is 1. The zero-order valence-corrected chi connectivity index (χ0v) is 20.7.